The van der Waals surface area contributed by atoms with Crippen molar-refractivity contribution < 1.29 is 13.2 Å². The van der Waals surface area contributed by atoms with Crippen LogP contribution in [0.4, 0.5) is 13.2 Å². The summed E-state index contributed by atoms with van der Waals surface area (Å²) in [5.74, 6) is 8.99. The Balaban J connectivity index is 4.08. The molecule has 4 nitrogen and oxygen atoms in total. The highest BCUT2D eigenvalue weighted by atomic mass is 32.1. The Morgan fingerprint density at radius 1 is 1.50 bits per heavy atom. The molecule has 0 fully saturated rings. The van der Waals surface area contributed by atoms with Gasteiger partial charge in [0.2, 0.25) is 5.11 Å². The quantitative estimate of drug-likeness (QED) is 0.198. The van der Waals surface area contributed by atoms with Gasteiger partial charge in [-0.1, -0.05) is 0 Å². The number of nitrogens with zero attached hydrogens (tertiary/aromatic N) is 1. The lowest BCUT2D eigenvalue weighted by molar-refractivity contribution is -0.219. The highest BCUT2D eigenvalue weighted by Crippen LogP contribution is 2.16. The molecule has 0 unspecified atom stereocenters. The van der Waals surface area contributed by atoms with E-state index in [1.165, 1.54) is 0 Å². The molecule has 0 aliphatic rings. The fourth-order valence-electron chi connectivity index (χ4n) is 0.185. The fraction of sp³-hybridized carbons (Fsp3) is 0.500. The summed E-state index contributed by atoms with van der Waals surface area (Å²) in [6, 6.07) is 0. The van der Waals surface area contributed by atoms with Crippen LogP contribution in [0.25, 0.3) is 0 Å². The van der Waals surface area contributed by atoms with Gasteiger partial charge in [-0.3, -0.25) is 5.43 Å². The Morgan fingerprint density at radius 2 is 1.90 bits per heavy atom. The van der Waals surface area contributed by atoms with Gasteiger partial charge in [0.15, 0.2) is 0 Å². The maximum absolute atomic E-state index is 11.5. The molecule has 10 heavy (non-hydrogen) atoms. The summed E-state index contributed by atoms with van der Waals surface area (Å²) in [6.45, 7) is 0. The molecule has 0 atom stereocenters. The van der Waals surface area contributed by atoms with Crippen LogP contribution in [-0.2, 0) is 0 Å². The highest BCUT2D eigenvalue weighted by molar-refractivity contribution is 7.80. The summed E-state index contributed by atoms with van der Waals surface area (Å²) in [4.78, 5) is 0. The first-order valence-corrected chi connectivity index (χ1v) is 2.42. The van der Waals surface area contributed by atoms with Crippen molar-refractivity contribution >= 4 is 17.3 Å². The van der Waals surface area contributed by atoms with Gasteiger partial charge in [0.05, 0.1) is 0 Å². The van der Waals surface area contributed by atoms with Gasteiger partial charge in [-0.25, -0.2) is 11.7 Å². The maximum atomic E-state index is 11.5. The van der Waals surface area contributed by atoms with Crippen molar-refractivity contribution in [2.24, 2.45) is 11.7 Å². The monoisotopic (exact) mass is 174 g/mol. The number of nitrogens with two attached hydrogens (primary N) is 2. The van der Waals surface area contributed by atoms with E-state index < -0.39 is 16.4 Å². The van der Waals surface area contributed by atoms with E-state index in [9.17, 15) is 13.2 Å². The first-order valence-electron chi connectivity index (χ1n) is 2.02. The largest absolute Gasteiger partial charge is 0.500 e. The second-order valence-corrected chi connectivity index (χ2v) is 1.67. The lowest BCUT2D eigenvalue weighted by atomic mass is 10.9. The number of nitrogens with one attached hydrogen (secondary N) is 1. The molecule has 0 amide bonds. The molecule has 0 rings (SSSR count). The number of rotatable bonds is 0. The van der Waals surface area contributed by atoms with E-state index in [0.29, 0.717) is 0 Å². The van der Waals surface area contributed by atoms with Gasteiger partial charge >= 0.3 is 6.30 Å². The van der Waals surface area contributed by atoms with Crippen molar-refractivity contribution in [1.82, 2.24) is 10.4 Å². The number of hydrogen-bond acceptors (Lipinski definition) is 3. The second-order valence-electron chi connectivity index (χ2n) is 1.29. The lowest BCUT2D eigenvalue weighted by Gasteiger charge is -2.20. The molecule has 0 aromatic carbocycles. The van der Waals surface area contributed by atoms with E-state index >= 15 is 0 Å². The van der Waals surface area contributed by atoms with Crippen molar-refractivity contribution in [3.05, 3.63) is 0 Å². The second kappa shape index (κ2) is 2.99. The van der Waals surface area contributed by atoms with E-state index in [1.807, 2.05) is 0 Å². The molecule has 0 spiro atoms. The minimum atomic E-state index is -4.69. The van der Waals surface area contributed by atoms with E-state index in [-0.39, 0.29) is 0 Å². The van der Waals surface area contributed by atoms with E-state index in [2.05, 4.69) is 23.9 Å². The molecule has 0 radical (unpaired) electrons. The van der Waals surface area contributed by atoms with Crippen LogP contribution in [0.15, 0.2) is 0 Å². The van der Waals surface area contributed by atoms with Crippen LogP contribution >= 0.6 is 12.2 Å². The third-order valence-electron chi connectivity index (χ3n) is 0.615. The average molecular weight is 174 g/mol. The molecule has 5 N–H and O–H groups in total. The molecule has 0 aromatic rings. The molecular weight excluding hydrogens is 169 g/mol. The standard InChI is InChI=1S/C2H5F3N4S/c3-2(4,5)9(7)1(10)8-6/h6-7H2,(H,8,10). The number of thiocarbonyl (C=S) groups is 1. The molecule has 0 aromatic heterocycles. The van der Waals surface area contributed by atoms with Gasteiger partial charge in [-0.05, 0) is 12.2 Å². The van der Waals surface area contributed by atoms with Crippen molar-refractivity contribution in [3.63, 3.8) is 0 Å². The molecule has 0 aliphatic carbocycles. The first-order chi connectivity index (χ1) is 4.39. The van der Waals surface area contributed by atoms with Crippen LogP contribution in [0, 0.1) is 0 Å². The van der Waals surface area contributed by atoms with Crippen LogP contribution in [0.2, 0.25) is 0 Å². The predicted octanol–water partition coefficient (Wildman–Crippen LogP) is -0.570. The molecule has 0 heterocycles. The van der Waals surface area contributed by atoms with Crippen molar-refractivity contribution in [1.29, 1.82) is 0 Å². The summed E-state index contributed by atoms with van der Waals surface area (Å²) >= 11 is 4.07. The zero-order valence-corrected chi connectivity index (χ0v) is 5.46. The summed E-state index contributed by atoms with van der Waals surface area (Å²) in [7, 11) is 0. The highest BCUT2D eigenvalue weighted by Gasteiger charge is 2.36. The van der Waals surface area contributed by atoms with Gasteiger partial charge in [0.25, 0.3) is 0 Å². The molecule has 0 bridgehead atoms. The van der Waals surface area contributed by atoms with Gasteiger partial charge in [0, 0.05) is 0 Å². The van der Waals surface area contributed by atoms with Crippen LogP contribution in [0.3, 0.4) is 0 Å². The minimum absolute atomic E-state index is 0.595. The van der Waals surface area contributed by atoms with Gasteiger partial charge in [0.1, 0.15) is 0 Å². The zero-order chi connectivity index (χ0) is 8.36. The number of alkyl halides is 3. The Bertz CT molecular complexity index is 133. The molecule has 60 valence electrons. The Labute approximate surface area is 59.9 Å². The Kier molecular flexibility index (Phi) is 2.81. The van der Waals surface area contributed by atoms with Gasteiger partial charge in [-0.2, -0.15) is 5.01 Å². The summed E-state index contributed by atoms with van der Waals surface area (Å²) < 4.78 is 34.5. The van der Waals surface area contributed by atoms with E-state index in [1.54, 1.807) is 5.43 Å². The third-order valence-corrected chi connectivity index (χ3v) is 0.930. The van der Waals surface area contributed by atoms with Crippen LogP contribution in [0.1, 0.15) is 0 Å². The maximum Gasteiger partial charge on any atom is 0.500 e. The molecule has 0 aliphatic heterocycles. The summed E-state index contributed by atoms with van der Waals surface area (Å²) in [6.07, 6.45) is -4.69. The van der Waals surface area contributed by atoms with E-state index in [4.69, 9.17) is 0 Å². The van der Waals surface area contributed by atoms with Crippen molar-refractivity contribution in [2.75, 3.05) is 0 Å². The van der Waals surface area contributed by atoms with Crippen molar-refractivity contribution in [3.8, 4) is 0 Å². The van der Waals surface area contributed by atoms with Crippen LogP contribution < -0.4 is 17.1 Å². The molecular formula is C2H5F3N4S. The van der Waals surface area contributed by atoms with Crippen molar-refractivity contribution in [2.45, 2.75) is 6.30 Å². The fourth-order valence-corrected chi connectivity index (χ4v) is 0.288. The minimum Gasteiger partial charge on any atom is -0.300 e. The number of halogens is 3. The average Bonchev–Trinajstić information content (AvgIpc) is 1.83. The van der Waals surface area contributed by atoms with Gasteiger partial charge < -0.3 is 0 Å². The first kappa shape index (κ1) is 9.40. The third kappa shape index (κ3) is 2.33. The van der Waals surface area contributed by atoms with Crippen LogP contribution in [-0.4, -0.2) is 16.4 Å². The predicted molar refractivity (Wildman–Crippen MR) is 32.0 cm³/mol. The molecule has 0 saturated carbocycles. The number of hydrazine groups is 2. The SMILES string of the molecule is NNC(=S)N(N)C(F)(F)F. The normalized spacial score (nSPS) is 10.9. The Morgan fingerprint density at radius 3 is 2.00 bits per heavy atom. The molecule has 0 saturated heterocycles. The van der Waals surface area contributed by atoms with Gasteiger partial charge in [-0.15, -0.1) is 13.2 Å². The summed E-state index contributed by atoms with van der Waals surface area (Å²) in [5.41, 5.74) is 1.58. The smallest absolute Gasteiger partial charge is 0.300 e. The summed E-state index contributed by atoms with van der Waals surface area (Å²) in [5, 5.41) is -1.38. The topological polar surface area (TPSA) is 67.3 Å². The van der Waals surface area contributed by atoms with E-state index in [0.717, 1.165) is 0 Å². The lowest BCUT2D eigenvalue weighted by Crippen LogP contribution is -2.54. The number of hydrogen-bond donors (Lipinski definition) is 3. The Hall–Kier alpha value is -0.600. The van der Waals surface area contributed by atoms with Crippen LogP contribution in [0.5, 0.6) is 0 Å². The molecule has 8 heteroatoms. The zero-order valence-electron chi connectivity index (χ0n) is 4.64.